The summed E-state index contributed by atoms with van der Waals surface area (Å²) in [5.74, 6) is 0.553. The standard InChI is InChI=1S/C13H17N3O3/c1-12(2,3)19-11(18)15-7-13(8-15)6-9(17)10-14-4-5-16(10)13/h4-5H,6-8H2,1-3H3. The summed E-state index contributed by atoms with van der Waals surface area (Å²) >= 11 is 0. The first-order valence-electron chi connectivity index (χ1n) is 6.36. The Morgan fingerprint density at radius 3 is 2.74 bits per heavy atom. The van der Waals surface area contributed by atoms with Gasteiger partial charge in [-0.05, 0) is 20.8 Å². The molecule has 1 aromatic heterocycles. The Hall–Kier alpha value is -1.85. The Kier molecular flexibility index (Phi) is 2.30. The maximum absolute atomic E-state index is 11.9. The van der Waals surface area contributed by atoms with Gasteiger partial charge in [-0.3, -0.25) is 4.79 Å². The van der Waals surface area contributed by atoms with Crippen LogP contribution in [-0.2, 0) is 10.3 Å². The number of carbonyl (C=O) groups excluding carboxylic acids is 2. The van der Waals surface area contributed by atoms with Crippen molar-refractivity contribution in [1.82, 2.24) is 14.5 Å². The van der Waals surface area contributed by atoms with E-state index >= 15 is 0 Å². The van der Waals surface area contributed by atoms with E-state index in [1.165, 1.54) is 0 Å². The molecule has 102 valence electrons. The Morgan fingerprint density at radius 2 is 2.11 bits per heavy atom. The summed E-state index contributed by atoms with van der Waals surface area (Å²) in [6.45, 7) is 6.54. The second-order valence-electron chi connectivity index (χ2n) is 6.28. The van der Waals surface area contributed by atoms with Gasteiger partial charge in [0.15, 0.2) is 5.82 Å². The molecule has 1 aromatic rings. The molecule has 6 heteroatoms. The summed E-state index contributed by atoms with van der Waals surface area (Å²) < 4.78 is 7.22. The van der Waals surface area contributed by atoms with E-state index in [0.29, 0.717) is 25.3 Å². The molecule has 0 radical (unpaired) electrons. The number of hydrogen-bond acceptors (Lipinski definition) is 4. The minimum Gasteiger partial charge on any atom is -0.444 e. The van der Waals surface area contributed by atoms with Gasteiger partial charge in [0.05, 0.1) is 5.54 Å². The predicted molar refractivity (Wildman–Crippen MR) is 67.0 cm³/mol. The molecule has 3 rings (SSSR count). The summed E-state index contributed by atoms with van der Waals surface area (Å²) in [4.78, 5) is 29.4. The number of nitrogens with zero attached hydrogens (tertiary/aromatic N) is 3. The fraction of sp³-hybridized carbons (Fsp3) is 0.615. The lowest BCUT2D eigenvalue weighted by Crippen LogP contribution is -2.63. The fourth-order valence-electron chi connectivity index (χ4n) is 2.74. The van der Waals surface area contributed by atoms with Gasteiger partial charge in [0, 0.05) is 31.9 Å². The zero-order valence-electron chi connectivity index (χ0n) is 11.3. The first-order valence-corrected chi connectivity index (χ1v) is 6.36. The van der Waals surface area contributed by atoms with Crippen molar-refractivity contribution >= 4 is 11.9 Å². The maximum Gasteiger partial charge on any atom is 0.410 e. The third-order valence-electron chi connectivity index (χ3n) is 3.51. The third-order valence-corrected chi connectivity index (χ3v) is 3.51. The highest BCUT2D eigenvalue weighted by molar-refractivity contribution is 5.96. The molecule has 19 heavy (non-hydrogen) atoms. The van der Waals surface area contributed by atoms with Gasteiger partial charge in [0.25, 0.3) is 0 Å². The predicted octanol–water partition coefficient (Wildman–Crippen LogP) is 1.42. The van der Waals surface area contributed by atoms with Gasteiger partial charge in [-0.15, -0.1) is 0 Å². The molecule has 0 atom stereocenters. The van der Waals surface area contributed by atoms with Gasteiger partial charge < -0.3 is 14.2 Å². The SMILES string of the molecule is CC(C)(C)OC(=O)N1CC2(CC(=O)c3nccn32)C1. The Labute approximate surface area is 111 Å². The lowest BCUT2D eigenvalue weighted by molar-refractivity contribution is -0.0257. The third kappa shape index (κ3) is 1.82. The first kappa shape index (κ1) is 12.2. The van der Waals surface area contributed by atoms with Crippen LogP contribution in [0.1, 0.15) is 37.8 Å². The molecule has 0 N–H and O–H groups in total. The number of ketones is 1. The average Bonchev–Trinajstić information content (AvgIpc) is 2.75. The van der Waals surface area contributed by atoms with Gasteiger partial charge in [0.2, 0.25) is 5.78 Å². The summed E-state index contributed by atoms with van der Waals surface area (Å²) in [6, 6.07) is 0. The summed E-state index contributed by atoms with van der Waals surface area (Å²) in [7, 11) is 0. The molecule has 3 heterocycles. The number of hydrogen-bond donors (Lipinski definition) is 0. The lowest BCUT2D eigenvalue weighted by atomic mass is 9.87. The average molecular weight is 263 g/mol. The number of carbonyl (C=O) groups is 2. The van der Waals surface area contributed by atoms with Crippen molar-refractivity contribution in [2.75, 3.05) is 13.1 Å². The normalized spacial score (nSPS) is 20.4. The molecule has 2 aliphatic rings. The van der Waals surface area contributed by atoms with Crippen molar-refractivity contribution in [3.8, 4) is 0 Å². The topological polar surface area (TPSA) is 64.4 Å². The second-order valence-corrected chi connectivity index (χ2v) is 6.28. The van der Waals surface area contributed by atoms with E-state index in [4.69, 9.17) is 4.74 Å². The molecular formula is C13H17N3O3. The molecule has 2 aliphatic heterocycles. The number of likely N-dealkylation sites (tertiary alicyclic amines) is 1. The number of ether oxygens (including phenoxy) is 1. The van der Waals surface area contributed by atoms with Gasteiger partial charge in [0.1, 0.15) is 5.60 Å². The molecule has 1 amide bonds. The molecule has 1 fully saturated rings. The Morgan fingerprint density at radius 1 is 1.42 bits per heavy atom. The van der Waals surface area contributed by atoms with Crippen molar-refractivity contribution in [3.63, 3.8) is 0 Å². The molecule has 1 saturated heterocycles. The molecule has 0 bridgehead atoms. The minimum atomic E-state index is -0.495. The smallest absolute Gasteiger partial charge is 0.410 e. The summed E-state index contributed by atoms with van der Waals surface area (Å²) in [6.07, 6.45) is 3.55. The van der Waals surface area contributed by atoms with Crippen molar-refractivity contribution in [1.29, 1.82) is 0 Å². The Balaban J connectivity index is 1.71. The summed E-state index contributed by atoms with van der Waals surface area (Å²) in [5.41, 5.74) is -0.786. The first-order chi connectivity index (χ1) is 8.81. The number of fused-ring (bicyclic) bond motifs is 2. The zero-order valence-corrected chi connectivity index (χ0v) is 11.3. The maximum atomic E-state index is 11.9. The lowest BCUT2D eigenvalue weighted by Gasteiger charge is -2.48. The van der Waals surface area contributed by atoms with E-state index in [1.807, 2.05) is 31.5 Å². The molecule has 0 saturated carbocycles. The van der Waals surface area contributed by atoms with Gasteiger partial charge in [-0.2, -0.15) is 0 Å². The van der Waals surface area contributed by atoms with Crippen LogP contribution < -0.4 is 0 Å². The van der Waals surface area contributed by atoms with Crippen LogP contribution in [0.5, 0.6) is 0 Å². The number of aromatic nitrogens is 2. The number of Topliss-reactive ketones (excluding diaryl/α,β-unsaturated/α-hetero) is 1. The minimum absolute atomic E-state index is 0.0499. The van der Waals surface area contributed by atoms with Crippen molar-refractivity contribution in [2.45, 2.75) is 38.3 Å². The van der Waals surface area contributed by atoms with Crippen molar-refractivity contribution in [3.05, 3.63) is 18.2 Å². The van der Waals surface area contributed by atoms with Crippen LogP contribution in [0, 0.1) is 0 Å². The number of amides is 1. The monoisotopic (exact) mass is 263 g/mol. The van der Waals surface area contributed by atoms with Crippen LogP contribution in [0.2, 0.25) is 0 Å². The zero-order chi connectivity index (χ0) is 13.8. The van der Waals surface area contributed by atoms with Crippen molar-refractivity contribution < 1.29 is 14.3 Å². The number of rotatable bonds is 0. The van der Waals surface area contributed by atoms with E-state index in [2.05, 4.69) is 4.98 Å². The van der Waals surface area contributed by atoms with Crippen LogP contribution in [0.4, 0.5) is 4.79 Å². The van der Waals surface area contributed by atoms with Gasteiger partial charge in [-0.25, -0.2) is 9.78 Å². The molecule has 6 nitrogen and oxygen atoms in total. The molecule has 0 unspecified atom stereocenters. The van der Waals surface area contributed by atoms with Crippen LogP contribution in [0.25, 0.3) is 0 Å². The van der Waals surface area contributed by atoms with Crippen LogP contribution in [0.15, 0.2) is 12.4 Å². The van der Waals surface area contributed by atoms with Crippen molar-refractivity contribution in [2.24, 2.45) is 0 Å². The van der Waals surface area contributed by atoms with Crippen LogP contribution >= 0.6 is 0 Å². The largest absolute Gasteiger partial charge is 0.444 e. The second kappa shape index (κ2) is 3.59. The van der Waals surface area contributed by atoms with Gasteiger partial charge >= 0.3 is 6.09 Å². The molecule has 0 aliphatic carbocycles. The molecule has 0 aromatic carbocycles. The van der Waals surface area contributed by atoms with Gasteiger partial charge in [-0.1, -0.05) is 0 Å². The highest BCUT2D eigenvalue weighted by Crippen LogP contribution is 2.39. The molecular weight excluding hydrogens is 246 g/mol. The number of imidazole rings is 1. The van der Waals surface area contributed by atoms with E-state index in [1.54, 1.807) is 11.1 Å². The van der Waals surface area contributed by atoms with E-state index in [-0.39, 0.29) is 17.4 Å². The highest BCUT2D eigenvalue weighted by Gasteiger charge is 2.54. The van der Waals surface area contributed by atoms with E-state index in [9.17, 15) is 9.59 Å². The van der Waals surface area contributed by atoms with Crippen LogP contribution in [-0.4, -0.2) is 45.0 Å². The quantitative estimate of drug-likeness (QED) is 0.710. The van der Waals surface area contributed by atoms with E-state index in [0.717, 1.165) is 0 Å². The van der Waals surface area contributed by atoms with Crippen LogP contribution in [0.3, 0.4) is 0 Å². The Bertz CT molecular complexity index is 550. The fourth-order valence-corrected chi connectivity index (χ4v) is 2.74. The summed E-state index contributed by atoms with van der Waals surface area (Å²) in [5, 5.41) is 0. The van der Waals surface area contributed by atoms with E-state index < -0.39 is 5.60 Å². The molecule has 1 spiro atoms. The highest BCUT2D eigenvalue weighted by atomic mass is 16.6.